The Hall–Kier alpha value is -4.06. The number of rotatable bonds is 4. The predicted octanol–water partition coefficient (Wildman–Crippen LogP) is 5.63. The average molecular weight is 466 g/mol. The first-order chi connectivity index (χ1) is 16.5. The van der Waals surface area contributed by atoms with Crippen molar-refractivity contribution in [1.29, 1.82) is 10.5 Å². The van der Waals surface area contributed by atoms with Gasteiger partial charge in [-0.05, 0) is 53.6 Å². The fourth-order valence-electron chi connectivity index (χ4n) is 5.20. The molecule has 3 aromatic carbocycles. The number of carbonyl (C=O) groups is 1. The molecule has 1 fully saturated rings. The number of halogens is 1. The standard InChI is InChI=1S/C28H20ClN3O2/c1-34-22-13-8-19(9-14-22)25-26(27(33)20-6-11-21(29)12-7-20)32-23-5-3-2-4-18(23)10-15-24(32)28(25,16-30)17-31/h2-15,24-26H,1H3/t24-,25-,26-/m1/s1. The van der Waals surface area contributed by atoms with E-state index in [4.69, 9.17) is 16.3 Å². The number of hydrogen-bond donors (Lipinski definition) is 0. The van der Waals surface area contributed by atoms with E-state index in [1.54, 1.807) is 43.5 Å². The van der Waals surface area contributed by atoms with Crippen LogP contribution in [0, 0.1) is 28.1 Å². The van der Waals surface area contributed by atoms with Crippen LogP contribution in [0.2, 0.25) is 5.02 Å². The van der Waals surface area contributed by atoms with Gasteiger partial charge in [0.05, 0.1) is 25.3 Å². The van der Waals surface area contributed by atoms with Crippen molar-refractivity contribution in [3.8, 4) is 17.9 Å². The van der Waals surface area contributed by atoms with Crippen molar-refractivity contribution in [1.82, 2.24) is 0 Å². The van der Waals surface area contributed by atoms with E-state index < -0.39 is 23.4 Å². The Labute approximate surface area is 203 Å². The third-order valence-electron chi connectivity index (χ3n) is 6.79. The molecule has 5 rings (SSSR count). The zero-order valence-corrected chi connectivity index (χ0v) is 19.1. The van der Waals surface area contributed by atoms with E-state index in [0.29, 0.717) is 16.3 Å². The zero-order chi connectivity index (χ0) is 23.9. The van der Waals surface area contributed by atoms with Crippen molar-refractivity contribution in [2.45, 2.75) is 18.0 Å². The topological polar surface area (TPSA) is 77.1 Å². The maximum atomic E-state index is 14.1. The van der Waals surface area contributed by atoms with E-state index in [-0.39, 0.29) is 5.78 Å². The number of benzene rings is 3. The van der Waals surface area contributed by atoms with Gasteiger partial charge in [0.2, 0.25) is 0 Å². The molecule has 0 bridgehead atoms. The Morgan fingerprint density at radius 1 is 1.00 bits per heavy atom. The Morgan fingerprint density at radius 3 is 2.32 bits per heavy atom. The van der Waals surface area contributed by atoms with Gasteiger partial charge in [-0.3, -0.25) is 4.79 Å². The molecule has 3 aromatic rings. The fraction of sp³-hybridized carbons (Fsp3) is 0.179. The Kier molecular flexibility index (Phi) is 5.36. The fourth-order valence-corrected chi connectivity index (χ4v) is 5.33. The van der Waals surface area contributed by atoms with Crippen LogP contribution in [0.5, 0.6) is 5.75 Å². The predicted molar refractivity (Wildman–Crippen MR) is 131 cm³/mol. The van der Waals surface area contributed by atoms with Gasteiger partial charge < -0.3 is 9.64 Å². The minimum atomic E-state index is -1.48. The van der Waals surface area contributed by atoms with Crippen molar-refractivity contribution >= 4 is 29.1 Å². The Balaban J connectivity index is 1.76. The summed E-state index contributed by atoms with van der Waals surface area (Å²) in [5, 5.41) is 21.4. The lowest BCUT2D eigenvalue weighted by Gasteiger charge is -2.35. The van der Waals surface area contributed by atoms with Gasteiger partial charge in [-0.2, -0.15) is 10.5 Å². The molecule has 34 heavy (non-hydrogen) atoms. The summed E-state index contributed by atoms with van der Waals surface area (Å²) in [6.07, 6.45) is 3.81. The molecular weight excluding hydrogens is 446 g/mol. The molecule has 166 valence electrons. The number of nitrogens with zero attached hydrogens (tertiary/aromatic N) is 3. The maximum Gasteiger partial charge on any atom is 0.185 e. The minimum Gasteiger partial charge on any atom is -0.497 e. The maximum absolute atomic E-state index is 14.1. The van der Waals surface area contributed by atoms with Crippen molar-refractivity contribution in [3.05, 3.63) is 101 Å². The van der Waals surface area contributed by atoms with Crippen LogP contribution in [0.4, 0.5) is 5.69 Å². The van der Waals surface area contributed by atoms with E-state index in [9.17, 15) is 15.3 Å². The minimum absolute atomic E-state index is 0.167. The molecule has 6 heteroatoms. The molecule has 0 unspecified atom stereocenters. The first kappa shape index (κ1) is 21.8. The Bertz CT molecular complexity index is 1350. The molecule has 0 N–H and O–H groups in total. The number of carbonyl (C=O) groups excluding carboxylic acids is 1. The molecule has 5 nitrogen and oxygen atoms in total. The molecule has 0 aliphatic carbocycles. The highest BCUT2D eigenvalue weighted by atomic mass is 35.5. The first-order valence-corrected chi connectivity index (χ1v) is 11.2. The molecule has 1 saturated heterocycles. The van der Waals surface area contributed by atoms with Gasteiger partial charge in [0.25, 0.3) is 0 Å². The number of ether oxygens (including phenoxy) is 1. The highest BCUT2D eigenvalue weighted by Crippen LogP contribution is 2.55. The van der Waals surface area contributed by atoms with E-state index in [1.165, 1.54) is 0 Å². The molecular formula is C28H20ClN3O2. The monoisotopic (exact) mass is 465 g/mol. The van der Waals surface area contributed by atoms with Gasteiger partial charge >= 0.3 is 0 Å². The van der Waals surface area contributed by atoms with Crippen LogP contribution in [0.15, 0.2) is 78.9 Å². The second-order valence-electron chi connectivity index (χ2n) is 8.43. The second-order valence-corrected chi connectivity index (χ2v) is 8.87. The smallest absolute Gasteiger partial charge is 0.185 e. The normalized spacial score (nSPS) is 21.6. The van der Waals surface area contributed by atoms with Gasteiger partial charge in [-0.15, -0.1) is 0 Å². The largest absolute Gasteiger partial charge is 0.497 e. The van der Waals surface area contributed by atoms with Gasteiger partial charge in [0, 0.05) is 22.2 Å². The molecule has 0 spiro atoms. The van der Waals surface area contributed by atoms with Crippen LogP contribution in [-0.4, -0.2) is 25.0 Å². The first-order valence-electron chi connectivity index (χ1n) is 10.9. The third-order valence-corrected chi connectivity index (χ3v) is 7.04. The number of nitriles is 2. The van der Waals surface area contributed by atoms with Crippen molar-refractivity contribution in [2.24, 2.45) is 5.41 Å². The number of anilines is 1. The van der Waals surface area contributed by atoms with Crippen molar-refractivity contribution in [3.63, 3.8) is 0 Å². The number of ketones is 1. The Morgan fingerprint density at radius 2 is 1.68 bits per heavy atom. The molecule has 2 heterocycles. The van der Waals surface area contributed by atoms with Gasteiger partial charge in [0.15, 0.2) is 11.2 Å². The lowest BCUT2D eigenvalue weighted by atomic mass is 9.69. The summed E-state index contributed by atoms with van der Waals surface area (Å²) in [5.41, 5.74) is 1.49. The summed E-state index contributed by atoms with van der Waals surface area (Å²) in [7, 11) is 1.58. The van der Waals surface area contributed by atoms with Gasteiger partial charge in [-0.1, -0.05) is 54.1 Å². The molecule has 0 radical (unpaired) electrons. The summed E-state index contributed by atoms with van der Waals surface area (Å²) in [5.74, 6) is -0.206. The van der Waals surface area contributed by atoms with Crippen LogP contribution in [0.25, 0.3) is 6.08 Å². The lowest BCUT2D eigenvalue weighted by molar-refractivity contribution is 0.0951. The molecule has 2 aliphatic rings. The summed E-state index contributed by atoms with van der Waals surface area (Å²) in [6.45, 7) is 0. The van der Waals surface area contributed by atoms with E-state index in [0.717, 1.165) is 16.8 Å². The highest BCUT2D eigenvalue weighted by molar-refractivity contribution is 6.30. The van der Waals surface area contributed by atoms with E-state index in [2.05, 4.69) is 12.1 Å². The zero-order valence-electron chi connectivity index (χ0n) is 18.4. The summed E-state index contributed by atoms with van der Waals surface area (Å²) < 4.78 is 5.30. The number of Topliss-reactive ketones (excluding diaryl/α,β-unsaturated/α-hetero) is 1. The SMILES string of the molecule is COc1ccc([C@@H]2[C@H](C(=O)c3ccc(Cl)cc3)N3c4ccccc4C=C[C@@H]3C2(C#N)C#N)cc1. The molecule has 0 saturated carbocycles. The van der Waals surface area contributed by atoms with Crippen LogP contribution in [-0.2, 0) is 0 Å². The quantitative estimate of drug-likeness (QED) is 0.466. The molecule has 0 aromatic heterocycles. The number of fused-ring (bicyclic) bond motifs is 3. The molecule has 2 aliphatic heterocycles. The average Bonchev–Trinajstić information content (AvgIpc) is 3.19. The summed E-state index contributed by atoms with van der Waals surface area (Å²) >= 11 is 6.07. The number of hydrogen-bond acceptors (Lipinski definition) is 5. The van der Waals surface area contributed by atoms with Crippen LogP contribution in [0.3, 0.4) is 0 Å². The molecule has 3 atom stereocenters. The third kappa shape index (κ3) is 3.17. The lowest BCUT2D eigenvalue weighted by Crippen LogP contribution is -2.44. The highest BCUT2D eigenvalue weighted by Gasteiger charge is 2.63. The van der Waals surface area contributed by atoms with Gasteiger partial charge in [-0.25, -0.2) is 0 Å². The number of methoxy groups -OCH3 is 1. The van der Waals surface area contributed by atoms with Crippen LogP contribution < -0.4 is 9.64 Å². The van der Waals surface area contributed by atoms with Crippen molar-refractivity contribution in [2.75, 3.05) is 12.0 Å². The number of para-hydroxylation sites is 1. The summed E-state index contributed by atoms with van der Waals surface area (Å²) in [6, 6.07) is 25.0. The summed E-state index contributed by atoms with van der Waals surface area (Å²) in [4.78, 5) is 16.0. The second kappa shape index (κ2) is 8.37. The molecule has 0 amide bonds. The van der Waals surface area contributed by atoms with Gasteiger partial charge in [0.1, 0.15) is 11.8 Å². The van der Waals surface area contributed by atoms with Crippen LogP contribution >= 0.6 is 11.6 Å². The van der Waals surface area contributed by atoms with Crippen LogP contribution in [0.1, 0.15) is 27.4 Å². The van der Waals surface area contributed by atoms with Crippen molar-refractivity contribution < 1.29 is 9.53 Å². The van der Waals surface area contributed by atoms with E-state index >= 15 is 0 Å². The van der Waals surface area contributed by atoms with E-state index in [1.807, 2.05) is 53.5 Å².